The molecule has 0 bridgehead atoms. The summed E-state index contributed by atoms with van der Waals surface area (Å²) in [6.45, 7) is 4.42. The normalized spacial score (nSPS) is 20.8. The minimum Gasteiger partial charge on any atom is -0.462 e. The molecule has 10 heteroatoms. The number of aromatic nitrogens is 2. The summed E-state index contributed by atoms with van der Waals surface area (Å²) in [5, 5.41) is 2.52. The van der Waals surface area contributed by atoms with Crippen LogP contribution in [0.25, 0.3) is 11.0 Å². The highest BCUT2D eigenvalue weighted by atomic mass is 35.5. The van der Waals surface area contributed by atoms with Crippen LogP contribution in [0.5, 0.6) is 0 Å². The van der Waals surface area contributed by atoms with Crippen molar-refractivity contribution in [3.05, 3.63) is 33.9 Å². The van der Waals surface area contributed by atoms with E-state index in [-0.39, 0.29) is 46.6 Å². The third-order valence-electron chi connectivity index (χ3n) is 5.65. The van der Waals surface area contributed by atoms with Gasteiger partial charge in [0.25, 0.3) is 0 Å². The van der Waals surface area contributed by atoms with Gasteiger partial charge in [-0.05, 0) is 25.8 Å². The van der Waals surface area contributed by atoms with Crippen LogP contribution in [-0.2, 0) is 9.53 Å². The number of fused-ring (bicyclic) bond motifs is 1. The van der Waals surface area contributed by atoms with Gasteiger partial charge in [0, 0.05) is 44.7 Å². The Labute approximate surface area is 183 Å². The van der Waals surface area contributed by atoms with Crippen LogP contribution in [0.1, 0.15) is 43.1 Å². The zero-order valence-corrected chi connectivity index (χ0v) is 18.1. The van der Waals surface area contributed by atoms with Gasteiger partial charge in [0.2, 0.25) is 11.3 Å². The number of carbonyl (C=O) groups is 2. The van der Waals surface area contributed by atoms with Crippen molar-refractivity contribution in [2.24, 2.45) is 5.92 Å². The number of hydrogen-bond donors (Lipinski definition) is 1. The van der Waals surface area contributed by atoms with E-state index in [4.69, 9.17) is 16.3 Å². The topological polar surface area (TPSA) is 93.5 Å². The predicted octanol–water partition coefficient (Wildman–Crippen LogP) is 2.23. The molecule has 1 saturated heterocycles. The van der Waals surface area contributed by atoms with Crippen LogP contribution in [0.4, 0.5) is 10.2 Å². The molecule has 0 spiro atoms. The van der Waals surface area contributed by atoms with Crippen LogP contribution in [0.15, 0.2) is 17.1 Å². The Morgan fingerprint density at radius 1 is 1.35 bits per heavy atom. The largest absolute Gasteiger partial charge is 0.462 e. The Bertz CT molecular complexity index is 1100. The van der Waals surface area contributed by atoms with Crippen LogP contribution in [0.3, 0.4) is 0 Å². The van der Waals surface area contributed by atoms with Crippen molar-refractivity contribution in [2.75, 3.05) is 31.1 Å². The number of nitrogens with one attached hydrogen (secondary N) is 1. The van der Waals surface area contributed by atoms with Gasteiger partial charge in [-0.25, -0.2) is 14.2 Å². The molecule has 1 amide bonds. The summed E-state index contributed by atoms with van der Waals surface area (Å²) in [5.74, 6) is -1.47. The molecular weight excluding hydrogens is 427 g/mol. The lowest BCUT2D eigenvalue weighted by Gasteiger charge is -2.20. The summed E-state index contributed by atoms with van der Waals surface area (Å²) >= 11 is 6.43. The Morgan fingerprint density at radius 2 is 2.10 bits per heavy atom. The molecule has 2 aromatic rings. The van der Waals surface area contributed by atoms with Crippen molar-refractivity contribution < 1.29 is 18.7 Å². The molecule has 2 atom stereocenters. The lowest BCUT2D eigenvalue weighted by Crippen LogP contribution is -2.31. The van der Waals surface area contributed by atoms with Crippen LogP contribution in [0, 0.1) is 11.7 Å². The first kappa shape index (κ1) is 21.5. The maximum absolute atomic E-state index is 15.1. The van der Waals surface area contributed by atoms with Gasteiger partial charge in [-0.15, -0.1) is 11.6 Å². The summed E-state index contributed by atoms with van der Waals surface area (Å²) in [5.41, 5.74) is -0.371. The number of pyridine rings is 2. The van der Waals surface area contributed by atoms with Crippen molar-refractivity contribution >= 4 is 40.3 Å². The highest BCUT2D eigenvalue weighted by Crippen LogP contribution is 2.37. The highest BCUT2D eigenvalue weighted by molar-refractivity contribution is 6.21. The lowest BCUT2D eigenvalue weighted by atomic mass is 10.1. The third kappa shape index (κ3) is 4.23. The van der Waals surface area contributed by atoms with E-state index in [1.807, 2.05) is 0 Å². The number of esters is 1. The summed E-state index contributed by atoms with van der Waals surface area (Å²) in [6, 6.07) is 1.25. The summed E-state index contributed by atoms with van der Waals surface area (Å²) in [6.07, 6.45) is 3.25. The van der Waals surface area contributed by atoms with Gasteiger partial charge in [-0.3, -0.25) is 9.59 Å². The Kier molecular flexibility index (Phi) is 5.88. The number of carbonyl (C=O) groups excluding carboxylic acids is 2. The highest BCUT2D eigenvalue weighted by Gasteiger charge is 2.35. The van der Waals surface area contributed by atoms with E-state index in [0.29, 0.717) is 25.3 Å². The van der Waals surface area contributed by atoms with E-state index in [0.717, 1.165) is 18.9 Å². The summed E-state index contributed by atoms with van der Waals surface area (Å²) in [4.78, 5) is 42.6. The smallest absolute Gasteiger partial charge is 0.343 e. The lowest BCUT2D eigenvalue weighted by molar-refractivity contribution is -0.119. The van der Waals surface area contributed by atoms with E-state index in [9.17, 15) is 14.4 Å². The molecule has 4 rings (SSSR count). The van der Waals surface area contributed by atoms with Crippen LogP contribution in [0.2, 0.25) is 0 Å². The first-order chi connectivity index (χ1) is 14.8. The molecule has 1 aliphatic carbocycles. The predicted molar refractivity (Wildman–Crippen MR) is 114 cm³/mol. The van der Waals surface area contributed by atoms with Crippen LogP contribution >= 0.6 is 11.6 Å². The molecule has 1 aliphatic heterocycles. The van der Waals surface area contributed by atoms with E-state index >= 15 is 4.39 Å². The van der Waals surface area contributed by atoms with E-state index in [1.165, 1.54) is 13.1 Å². The molecule has 2 fully saturated rings. The average molecular weight is 451 g/mol. The zero-order valence-electron chi connectivity index (χ0n) is 17.4. The number of anilines is 1. The van der Waals surface area contributed by atoms with Gasteiger partial charge < -0.3 is 19.5 Å². The number of hydrogen-bond acceptors (Lipinski definition) is 6. The van der Waals surface area contributed by atoms with E-state index in [2.05, 4.69) is 10.3 Å². The molecule has 1 saturated carbocycles. The first-order valence-electron chi connectivity index (χ1n) is 10.4. The Hall–Kier alpha value is -2.68. The molecule has 8 nitrogen and oxygen atoms in total. The second-order valence-electron chi connectivity index (χ2n) is 8.01. The van der Waals surface area contributed by atoms with Crippen molar-refractivity contribution in [3.8, 4) is 0 Å². The molecule has 0 unspecified atom stereocenters. The standard InChI is InChI=1S/C21H24ClFN4O4/c1-3-31-21(30)15-9-27(13-4-5-13)19-14(18(15)29)6-17(23)20(25-19)26-8-12(16(22)10-26)7-24-11(2)28/h6,9,12-13,16H,3-5,7-8,10H2,1-2H3,(H,24,28)/t12-,16-/m0/s1. The number of nitrogens with zero attached hydrogens (tertiary/aromatic N) is 3. The molecule has 166 valence electrons. The quantitative estimate of drug-likeness (QED) is 0.536. The molecule has 3 heterocycles. The van der Waals surface area contributed by atoms with Crippen molar-refractivity contribution in [2.45, 2.75) is 38.1 Å². The second kappa shape index (κ2) is 8.45. The summed E-state index contributed by atoms with van der Waals surface area (Å²) < 4.78 is 21.8. The van der Waals surface area contributed by atoms with Gasteiger partial charge in [0.05, 0.1) is 17.4 Å². The van der Waals surface area contributed by atoms with Gasteiger partial charge in [-0.2, -0.15) is 0 Å². The second-order valence-corrected chi connectivity index (χ2v) is 8.57. The SMILES string of the molecule is CCOC(=O)c1cn(C2CC2)c2nc(N3C[C@H](CNC(C)=O)[C@@H](Cl)C3)c(F)cc2c1=O. The minimum absolute atomic E-state index is 0.0510. The Morgan fingerprint density at radius 3 is 2.74 bits per heavy atom. The monoisotopic (exact) mass is 450 g/mol. The molecule has 0 aromatic carbocycles. The van der Waals surface area contributed by atoms with Crippen molar-refractivity contribution in [3.63, 3.8) is 0 Å². The van der Waals surface area contributed by atoms with Crippen LogP contribution < -0.4 is 15.6 Å². The fourth-order valence-electron chi connectivity index (χ4n) is 3.92. The Balaban J connectivity index is 1.74. The van der Waals surface area contributed by atoms with Crippen molar-refractivity contribution in [1.29, 1.82) is 0 Å². The van der Waals surface area contributed by atoms with Gasteiger partial charge in [0.15, 0.2) is 11.6 Å². The number of amides is 1. The first-order valence-corrected chi connectivity index (χ1v) is 10.8. The van der Waals surface area contributed by atoms with E-state index in [1.54, 1.807) is 16.4 Å². The molecule has 2 aliphatic rings. The van der Waals surface area contributed by atoms with Crippen LogP contribution in [-0.4, -0.2) is 53.0 Å². The minimum atomic E-state index is -0.723. The summed E-state index contributed by atoms with van der Waals surface area (Å²) in [7, 11) is 0. The van der Waals surface area contributed by atoms with E-state index < -0.39 is 17.2 Å². The molecule has 0 radical (unpaired) electrons. The maximum Gasteiger partial charge on any atom is 0.343 e. The number of rotatable bonds is 6. The van der Waals surface area contributed by atoms with Gasteiger partial charge in [-0.1, -0.05) is 0 Å². The number of alkyl halides is 1. The van der Waals surface area contributed by atoms with Crippen molar-refractivity contribution in [1.82, 2.24) is 14.9 Å². The number of halogens is 2. The molecule has 31 heavy (non-hydrogen) atoms. The average Bonchev–Trinajstić information content (AvgIpc) is 3.49. The fourth-order valence-corrected chi connectivity index (χ4v) is 4.25. The molecule has 2 aromatic heterocycles. The third-order valence-corrected chi connectivity index (χ3v) is 6.14. The molecule has 1 N–H and O–H groups in total. The maximum atomic E-state index is 15.1. The number of ether oxygens (including phenoxy) is 1. The fraction of sp³-hybridized carbons (Fsp3) is 0.524. The van der Waals surface area contributed by atoms with Gasteiger partial charge in [0.1, 0.15) is 11.2 Å². The molecular formula is C21H24ClFN4O4. The zero-order chi connectivity index (χ0) is 22.3. The van der Waals surface area contributed by atoms with Gasteiger partial charge >= 0.3 is 5.97 Å².